The number of carbonyl (C=O) groups is 2. The van der Waals surface area contributed by atoms with Crippen LogP contribution in [0.5, 0.6) is 11.5 Å². The molecule has 9 heteroatoms. The molecule has 0 fully saturated rings. The summed E-state index contributed by atoms with van der Waals surface area (Å²) in [4.78, 5) is 32.2. The SMILES string of the molecule is CCCC1=NN(C)C2C(=O)N(CCOc3ccc(C[C@@H](Oc4ccccc4)C(=O)OCC)cc3)C(C)=NC12. The van der Waals surface area contributed by atoms with E-state index >= 15 is 0 Å². The molecule has 0 aromatic heterocycles. The molecular formula is C29H36N4O5. The number of hydrogen-bond donors (Lipinski definition) is 0. The number of carbonyl (C=O) groups excluding carboxylic acids is 2. The van der Waals surface area contributed by atoms with E-state index in [0.717, 1.165) is 24.1 Å². The van der Waals surface area contributed by atoms with Crippen LogP contribution in [0.15, 0.2) is 64.7 Å². The summed E-state index contributed by atoms with van der Waals surface area (Å²) >= 11 is 0. The fourth-order valence-corrected chi connectivity index (χ4v) is 4.73. The van der Waals surface area contributed by atoms with Gasteiger partial charge < -0.3 is 14.2 Å². The summed E-state index contributed by atoms with van der Waals surface area (Å²) in [7, 11) is 1.84. The third kappa shape index (κ3) is 6.33. The van der Waals surface area contributed by atoms with Crippen molar-refractivity contribution in [3.8, 4) is 11.5 Å². The fraction of sp³-hybridized carbons (Fsp3) is 0.448. The second kappa shape index (κ2) is 12.6. The van der Waals surface area contributed by atoms with Crippen molar-refractivity contribution in [1.29, 1.82) is 0 Å². The molecule has 2 aliphatic rings. The lowest BCUT2D eigenvalue weighted by Crippen LogP contribution is -2.56. The van der Waals surface area contributed by atoms with E-state index in [-0.39, 0.29) is 24.6 Å². The lowest BCUT2D eigenvalue weighted by Gasteiger charge is -2.34. The number of amidine groups is 1. The number of hydrogen-bond acceptors (Lipinski definition) is 8. The predicted octanol–water partition coefficient (Wildman–Crippen LogP) is 3.72. The molecule has 202 valence electrons. The number of esters is 1. The van der Waals surface area contributed by atoms with Crippen LogP contribution in [-0.2, 0) is 20.7 Å². The number of amides is 1. The van der Waals surface area contributed by atoms with Crippen molar-refractivity contribution in [3.05, 3.63) is 60.2 Å². The number of rotatable bonds is 12. The summed E-state index contributed by atoms with van der Waals surface area (Å²) in [5, 5.41) is 6.31. The normalized spacial score (nSPS) is 19.4. The molecule has 0 radical (unpaired) electrons. The van der Waals surface area contributed by atoms with E-state index < -0.39 is 12.1 Å². The van der Waals surface area contributed by atoms with Gasteiger partial charge >= 0.3 is 5.97 Å². The van der Waals surface area contributed by atoms with Gasteiger partial charge in [-0.25, -0.2) is 4.79 Å². The Morgan fingerprint density at radius 3 is 2.47 bits per heavy atom. The van der Waals surface area contributed by atoms with Crippen LogP contribution in [0.4, 0.5) is 0 Å². The summed E-state index contributed by atoms with van der Waals surface area (Å²) in [6, 6.07) is 16.2. The predicted molar refractivity (Wildman–Crippen MR) is 146 cm³/mol. The number of hydrazone groups is 1. The van der Waals surface area contributed by atoms with Gasteiger partial charge in [-0.3, -0.25) is 19.7 Å². The highest BCUT2D eigenvalue weighted by Gasteiger charge is 2.45. The van der Waals surface area contributed by atoms with E-state index in [9.17, 15) is 9.59 Å². The van der Waals surface area contributed by atoms with Gasteiger partial charge in [0.25, 0.3) is 5.91 Å². The minimum Gasteiger partial charge on any atom is -0.492 e. The van der Waals surface area contributed by atoms with Gasteiger partial charge in [-0.15, -0.1) is 0 Å². The zero-order chi connectivity index (χ0) is 27.1. The monoisotopic (exact) mass is 520 g/mol. The Balaban J connectivity index is 1.33. The van der Waals surface area contributed by atoms with Gasteiger partial charge in [0.1, 0.15) is 30.0 Å². The first-order valence-corrected chi connectivity index (χ1v) is 13.2. The maximum absolute atomic E-state index is 13.2. The standard InChI is InChI=1S/C29H36N4O5/c1-5-10-24-26-27(32(4)31-24)28(34)33(20(3)30-26)17-18-37-22-15-13-21(14-16-22)19-25(29(35)36-6-2)38-23-11-8-7-9-12-23/h7-9,11-16,25-27H,5-6,10,17-19H2,1-4H3/t25-,26?,27?/m1/s1. The van der Waals surface area contributed by atoms with Gasteiger partial charge in [-0.1, -0.05) is 43.7 Å². The van der Waals surface area contributed by atoms with Gasteiger partial charge in [-0.2, -0.15) is 5.10 Å². The molecular weight excluding hydrogens is 484 g/mol. The quantitative estimate of drug-likeness (QED) is 0.396. The van der Waals surface area contributed by atoms with Crippen molar-refractivity contribution < 1.29 is 23.8 Å². The highest BCUT2D eigenvalue weighted by molar-refractivity contribution is 6.08. The van der Waals surface area contributed by atoms with E-state index in [2.05, 4.69) is 12.0 Å². The van der Waals surface area contributed by atoms with E-state index in [1.807, 2.05) is 68.6 Å². The molecule has 3 atom stereocenters. The second-order valence-electron chi connectivity index (χ2n) is 9.34. The first-order valence-electron chi connectivity index (χ1n) is 13.2. The Morgan fingerprint density at radius 1 is 1.05 bits per heavy atom. The number of benzene rings is 2. The van der Waals surface area contributed by atoms with Crippen LogP contribution in [0, 0.1) is 0 Å². The molecule has 2 aliphatic heterocycles. The second-order valence-corrected chi connectivity index (χ2v) is 9.34. The number of fused-ring (bicyclic) bond motifs is 1. The van der Waals surface area contributed by atoms with E-state index in [0.29, 0.717) is 36.9 Å². The molecule has 0 aliphatic carbocycles. The average Bonchev–Trinajstić information content (AvgIpc) is 3.22. The molecule has 9 nitrogen and oxygen atoms in total. The molecule has 0 N–H and O–H groups in total. The maximum Gasteiger partial charge on any atom is 0.347 e. The third-order valence-corrected chi connectivity index (χ3v) is 6.57. The molecule has 0 bridgehead atoms. The van der Waals surface area contributed by atoms with Gasteiger partial charge in [0.15, 0.2) is 12.1 Å². The minimum absolute atomic E-state index is 0.00206. The smallest absolute Gasteiger partial charge is 0.347 e. The van der Waals surface area contributed by atoms with Crippen molar-refractivity contribution >= 4 is 23.4 Å². The van der Waals surface area contributed by atoms with Crippen molar-refractivity contribution in [2.75, 3.05) is 26.8 Å². The van der Waals surface area contributed by atoms with Crippen LogP contribution in [-0.4, -0.2) is 78.3 Å². The molecule has 38 heavy (non-hydrogen) atoms. The van der Waals surface area contributed by atoms with Crippen LogP contribution in [0.25, 0.3) is 0 Å². The summed E-state index contributed by atoms with van der Waals surface area (Å²) in [5.41, 5.74) is 1.89. The Kier molecular flexibility index (Phi) is 8.99. The van der Waals surface area contributed by atoms with Crippen LogP contribution < -0.4 is 9.47 Å². The van der Waals surface area contributed by atoms with Crippen LogP contribution >= 0.6 is 0 Å². The molecule has 2 aromatic rings. The Morgan fingerprint density at radius 2 is 1.79 bits per heavy atom. The summed E-state index contributed by atoms with van der Waals surface area (Å²) in [5.74, 6) is 1.58. The highest BCUT2D eigenvalue weighted by Crippen LogP contribution is 2.26. The molecule has 0 spiro atoms. The molecule has 0 saturated carbocycles. The third-order valence-electron chi connectivity index (χ3n) is 6.57. The fourth-order valence-electron chi connectivity index (χ4n) is 4.73. The summed E-state index contributed by atoms with van der Waals surface area (Å²) in [6.45, 7) is 6.74. The first-order chi connectivity index (χ1) is 18.4. The summed E-state index contributed by atoms with van der Waals surface area (Å²) in [6.07, 6.45) is 1.42. The molecule has 2 unspecified atom stereocenters. The van der Waals surface area contributed by atoms with Gasteiger partial charge in [0.2, 0.25) is 0 Å². The largest absolute Gasteiger partial charge is 0.492 e. The number of ether oxygens (including phenoxy) is 3. The number of aliphatic imine (C=N–C) groups is 1. The maximum atomic E-state index is 13.2. The zero-order valence-electron chi connectivity index (χ0n) is 22.5. The van der Waals surface area contributed by atoms with Crippen molar-refractivity contribution in [1.82, 2.24) is 9.91 Å². The Hall–Kier alpha value is -3.88. The molecule has 0 saturated heterocycles. The Labute approximate surface area is 224 Å². The van der Waals surface area contributed by atoms with E-state index in [4.69, 9.17) is 19.2 Å². The zero-order valence-corrected chi connectivity index (χ0v) is 22.5. The molecule has 2 heterocycles. The number of likely N-dealkylation sites (N-methyl/N-ethyl adjacent to an activating group) is 1. The topological polar surface area (TPSA) is 93.0 Å². The summed E-state index contributed by atoms with van der Waals surface area (Å²) < 4.78 is 17.0. The van der Waals surface area contributed by atoms with E-state index in [1.165, 1.54) is 0 Å². The number of nitrogens with zero attached hydrogens (tertiary/aromatic N) is 4. The van der Waals surface area contributed by atoms with Gasteiger partial charge in [0.05, 0.1) is 18.9 Å². The highest BCUT2D eigenvalue weighted by atomic mass is 16.6. The Bertz CT molecular complexity index is 1170. The lowest BCUT2D eigenvalue weighted by molar-refractivity contribution is -0.151. The van der Waals surface area contributed by atoms with Crippen LogP contribution in [0.2, 0.25) is 0 Å². The molecule has 2 aromatic carbocycles. The van der Waals surface area contributed by atoms with Crippen molar-refractivity contribution in [2.45, 2.75) is 58.2 Å². The van der Waals surface area contributed by atoms with Crippen LogP contribution in [0.1, 0.15) is 39.2 Å². The first kappa shape index (κ1) is 27.2. The lowest BCUT2D eigenvalue weighted by atomic mass is 9.98. The van der Waals surface area contributed by atoms with Crippen molar-refractivity contribution in [2.24, 2.45) is 10.1 Å². The van der Waals surface area contributed by atoms with E-state index in [1.54, 1.807) is 16.8 Å². The van der Waals surface area contributed by atoms with Gasteiger partial charge in [0, 0.05) is 13.5 Å². The minimum atomic E-state index is -0.754. The van der Waals surface area contributed by atoms with Crippen molar-refractivity contribution in [3.63, 3.8) is 0 Å². The average molecular weight is 521 g/mol. The molecule has 1 amide bonds. The van der Waals surface area contributed by atoms with Crippen LogP contribution in [0.3, 0.4) is 0 Å². The molecule has 4 rings (SSSR count). The number of para-hydroxylation sites is 1. The van der Waals surface area contributed by atoms with Gasteiger partial charge in [-0.05, 0) is 50.1 Å².